The molecule has 10 heteroatoms. The molecule has 0 N–H and O–H groups in total. The van der Waals surface area contributed by atoms with E-state index in [1.54, 1.807) is 23.1 Å². The number of para-hydroxylation sites is 1. The van der Waals surface area contributed by atoms with Crippen LogP contribution in [0, 0.1) is 0 Å². The first-order valence-corrected chi connectivity index (χ1v) is 10.3. The predicted molar refractivity (Wildman–Crippen MR) is 112 cm³/mol. The van der Waals surface area contributed by atoms with E-state index < -0.39 is 5.92 Å². The summed E-state index contributed by atoms with van der Waals surface area (Å²) in [6, 6.07) is 4.93. The van der Waals surface area contributed by atoms with Gasteiger partial charge < -0.3 is 4.90 Å². The number of carbonyl (C=O) groups is 1. The van der Waals surface area contributed by atoms with E-state index in [0.717, 1.165) is 19.3 Å². The average molecular weight is 449 g/mol. The van der Waals surface area contributed by atoms with E-state index in [1.165, 1.54) is 17.2 Å². The molecular weight excluding hydrogens is 426 g/mol. The molecule has 7 nitrogen and oxygen atoms in total. The Bertz CT molecular complexity index is 1020. The minimum atomic E-state index is -2.98. The fourth-order valence-corrected chi connectivity index (χ4v) is 3.49. The van der Waals surface area contributed by atoms with Crippen molar-refractivity contribution in [3.8, 4) is 5.69 Å². The standard InChI is InChI=1S/C21H23ClF2N6O/c1-4-29(14(2)8-9-18-25-12-15(13-26-18)21(3,23)24)20(31)16-6-5-7-17(22)19(16)30-27-10-11-28-30/h5-7,10-14H,4,8-9H2,1-3H3/t14-/m0/s1. The lowest BCUT2D eigenvalue weighted by atomic mass is 10.1. The summed E-state index contributed by atoms with van der Waals surface area (Å²) in [5.74, 6) is -2.73. The van der Waals surface area contributed by atoms with Crippen molar-refractivity contribution in [2.75, 3.05) is 6.54 Å². The summed E-state index contributed by atoms with van der Waals surface area (Å²) in [7, 11) is 0. The van der Waals surface area contributed by atoms with Crippen molar-refractivity contribution in [3.63, 3.8) is 0 Å². The minimum absolute atomic E-state index is 0.147. The zero-order chi connectivity index (χ0) is 22.6. The van der Waals surface area contributed by atoms with Crippen molar-refractivity contribution >= 4 is 17.5 Å². The van der Waals surface area contributed by atoms with Gasteiger partial charge in [-0.3, -0.25) is 4.79 Å². The summed E-state index contributed by atoms with van der Waals surface area (Å²) < 4.78 is 26.6. The van der Waals surface area contributed by atoms with Crippen molar-refractivity contribution in [1.29, 1.82) is 0 Å². The number of nitrogens with zero attached hydrogens (tertiary/aromatic N) is 6. The third-order valence-corrected chi connectivity index (χ3v) is 5.27. The number of rotatable bonds is 8. The van der Waals surface area contributed by atoms with Gasteiger partial charge in [-0.1, -0.05) is 17.7 Å². The van der Waals surface area contributed by atoms with E-state index >= 15 is 0 Å². The second-order valence-corrected chi connectivity index (χ2v) is 7.62. The fourth-order valence-electron chi connectivity index (χ4n) is 3.24. The lowest BCUT2D eigenvalue weighted by Gasteiger charge is -2.29. The lowest BCUT2D eigenvalue weighted by molar-refractivity contribution is 0.0166. The van der Waals surface area contributed by atoms with Gasteiger partial charge in [-0.05, 0) is 32.4 Å². The summed E-state index contributed by atoms with van der Waals surface area (Å²) in [5.41, 5.74) is 0.586. The Balaban J connectivity index is 1.75. The molecule has 1 atom stereocenters. The monoisotopic (exact) mass is 448 g/mol. The van der Waals surface area contributed by atoms with E-state index in [-0.39, 0.29) is 17.5 Å². The van der Waals surface area contributed by atoms with Crippen LogP contribution in [0.15, 0.2) is 43.0 Å². The first kappa shape index (κ1) is 22.7. The minimum Gasteiger partial charge on any atom is -0.336 e. The van der Waals surface area contributed by atoms with E-state index in [0.29, 0.717) is 41.5 Å². The van der Waals surface area contributed by atoms with Crippen LogP contribution in [0.1, 0.15) is 48.9 Å². The van der Waals surface area contributed by atoms with Gasteiger partial charge in [0.05, 0.1) is 28.5 Å². The van der Waals surface area contributed by atoms with Gasteiger partial charge in [0, 0.05) is 38.3 Å². The summed E-state index contributed by atoms with van der Waals surface area (Å²) in [6.07, 6.45) is 6.33. The summed E-state index contributed by atoms with van der Waals surface area (Å²) in [6.45, 7) is 5.09. The van der Waals surface area contributed by atoms with Crippen LogP contribution in [-0.2, 0) is 12.3 Å². The van der Waals surface area contributed by atoms with Crippen LogP contribution in [-0.4, -0.2) is 48.4 Å². The highest BCUT2D eigenvalue weighted by Gasteiger charge is 2.26. The Morgan fingerprint density at radius 1 is 1.23 bits per heavy atom. The van der Waals surface area contributed by atoms with Crippen LogP contribution < -0.4 is 0 Å². The van der Waals surface area contributed by atoms with Gasteiger partial charge in [0.2, 0.25) is 0 Å². The molecule has 0 aliphatic carbocycles. The van der Waals surface area contributed by atoms with E-state index in [2.05, 4.69) is 20.2 Å². The third-order valence-electron chi connectivity index (χ3n) is 4.97. The van der Waals surface area contributed by atoms with Crippen LogP contribution in [0.2, 0.25) is 5.02 Å². The normalized spacial score (nSPS) is 12.6. The number of amides is 1. The summed E-state index contributed by atoms with van der Waals surface area (Å²) in [4.78, 5) is 24.4. The molecule has 2 heterocycles. The molecule has 0 saturated carbocycles. The molecule has 0 saturated heterocycles. The van der Waals surface area contributed by atoms with Crippen LogP contribution in [0.5, 0.6) is 0 Å². The van der Waals surface area contributed by atoms with Crippen molar-refractivity contribution < 1.29 is 13.6 Å². The number of hydrogen-bond acceptors (Lipinski definition) is 5. The van der Waals surface area contributed by atoms with Crippen molar-refractivity contribution in [2.24, 2.45) is 0 Å². The second kappa shape index (κ2) is 9.47. The van der Waals surface area contributed by atoms with Crippen LogP contribution in [0.4, 0.5) is 8.78 Å². The Labute approximate surface area is 184 Å². The van der Waals surface area contributed by atoms with Crippen molar-refractivity contribution in [1.82, 2.24) is 29.9 Å². The smallest absolute Gasteiger partial charge is 0.273 e. The van der Waals surface area contributed by atoms with Gasteiger partial charge in [0.15, 0.2) is 0 Å². The quantitative estimate of drug-likeness (QED) is 0.513. The molecule has 3 rings (SSSR count). The SMILES string of the molecule is CCN(C(=O)c1cccc(Cl)c1-n1nccn1)[C@@H](C)CCc1ncc(C(C)(F)F)cn1. The second-order valence-electron chi connectivity index (χ2n) is 7.21. The Morgan fingerprint density at radius 3 is 2.45 bits per heavy atom. The molecule has 0 aliphatic rings. The van der Waals surface area contributed by atoms with Crippen LogP contribution in [0.25, 0.3) is 5.69 Å². The zero-order valence-corrected chi connectivity index (χ0v) is 18.2. The number of aryl methyl sites for hydroxylation is 1. The highest BCUT2D eigenvalue weighted by atomic mass is 35.5. The van der Waals surface area contributed by atoms with Gasteiger partial charge >= 0.3 is 0 Å². The number of benzene rings is 1. The molecule has 31 heavy (non-hydrogen) atoms. The molecule has 164 valence electrons. The van der Waals surface area contributed by atoms with E-state index in [4.69, 9.17) is 11.6 Å². The fraction of sp³-hybridized carbons (Fsp3) is 0.381. The zero-order valence-electron chi connectivity index (χ0n) is 17.5. The number of halogens is 3. The molecule has 3 aromatic rings. The maximum Gasteiger partial charge on any atom is 0.273 e. The van der Waals surface area contributed by atoms with Gasteiger partial charge in [-0.15, -0.1) is 4.80 Å². The van der Waals surface area contributed by atoms with E-state index in [9.17, 15) is 13.6 Å². The molecular formula is C21H23ClF2N6O. The van der Waals surface area contributed by atoms with Gasteiger partial charge in [-0.2, -0.15) is 10.2 Å². The Morgan fingerprint density at radius 2 is 1.87 bits per heavy atom. The molecule has 0 aliphatic heterocycles. The highest BCUT2D eigenvalue weighted by molar-refractivity contribution is 6.33. The van der Waals surface area contributed by atoms with Crippen molar-refractivity contribution in [2.45, 2.75) is 45.6 Å². The maximum absolute atomic E-state index is 13.3. The summed E-state index contributed by atoms with van der Waals surface area (Å²) >= 11 is 6.34. The maximum atomic E-state index is 13.3. The van der Waals surface area contributed by atoms with Crippen LogP contribution >= 0.6 is 11.6 Å². The third kappa shape index (κ3) is 5.22. The molecule has 0 bridgehead atoms. The lowest BCUT2D eigenvalue weighted by Crippen LogP contribution is -2.39. The molecule has 0 unspecified atom stereocenters. The first-order chi connectivity index (χ1) is 14.7. The number of alkyl halides is 2. The van der Waals surface area contributed by atoms with Gasteiger partial charge in [0.1, 0.15) is 11.5 Å². The molecule has 0 spiro atoms. The highest BCUT2D eigenvalue weighted by Crippen LogP contribution is 2.26. The molecule has 0 radical (unpaired) electrons. The van der Waals surface area contributed by atoms with Crippen LogP contribution in [0.3, 0.4) is 0 Å². The van der Waals surface area contributed by atoms with Gasteiger partial charge in [0.25, 0.3) is 11.8 Å². The Kier molecular flexibility index (Phi) is 6.94. The number of aromatic nitrogens is 5. The predicted octanol–water partition coefficient (Wildman–Crippen LogP) is 4.31. The molecule has 1 amide bonds. The molecule has 1 aromatic carbocycles. The average Bonchev–Trinajstić information content (AvgIpc) is 3.26. The molecule has 0 fully saturated rings. The molecule has 2 aromatic heterocycles. The van der Waals surface area contributed by atoms with Crippen molar-refractivity contribution in [3.05, 3.63) is 65.0 Å². The number of carbonyl (C=O) groups excluding carboxylic acids is 1. The van der Waals surface area contributed by atoms with E-state index in [1.807, 2.05) is 13.8 Å². The first-order valence-electron chi connectivity index (χ1n) is 9.87. The Hall–Kier alpha value is -2.94. The topological polar surface area (TPSA) is 76.8 Å². The largest absolute Gasteiger partial charge is 0.336 e. The summed E-state index contributed by atoms with van der Waals surface area (Å²) in [5, 5.41) is 8.57. The van der Waals surface area contributed by atoms with Gasteiger partial charge in [-0.25, -0.2) is 18.7 Å². The number of hydrogen-bond donors (Lipinski definition) is 0.